The minimum absolute atomic E-state index is 0.521. The van der Waals surface area contributed by atoms with E-state index in [1.807, 2.05) is 0 Å². The van der Waals surface area contributed by atoms with Gasteiger partial charge in [-0.2, -0.15) is 0 Å². The summed E-state index contributed by atoms with van der Waals surface area (Å²) in [7, 11) is 0. The van der Waals surface area contributed by atoms with E-state index in [1.165, 1.54) is 28.3 Å². The summed E-state index contributed by atoms with van der Waals surface area (Å²) in [4.78, 5) is 0. The largest absolute Gasteiger partial charge is 0.492 e. The second-order valence-corrected chi connectivity index (χ2v) is 8.42. The van der Waals surface area contributed by atoms with Crippen molar-refractivity contribution in [2.45, 2.75) is 53.9 Å². The highest BCUT2D eigenvalue weighted by Crippen LogP contribution is 2.45. The molecule has 0 spiro atoms. The van der Waals surface area contributed by atoms with E-state index < -0.39 is 0 Å². The van der Waals surface area contributed by atoms with Gasteiger partial charge in [-0.1, -0.05) is 58.9 Å². The van der Waals surface area contributed by atoms with Crippen molar-refractivity contribution in [1.82, 2.24) is 0 Å². The minimum atomic E-state index is 0.521. The van der Waals surface area contributed by atoms with Crippen molar-refractivity contribution >= 4 is 10.8 Å². The summed E-state index contributed by atoms with van der Waals surface area (Å²) in [5, 5.41) is 2.41. The first-order valence-electron chi connectivity index (χ1n) is 9.79. The number of ether oxygens (including phenoxy) is 2. The van der Waals surface area contributed by atoms with E-state index >= 15 is 0 Å². The SMILES string of the molecule is CC(C)COc1c2c(c(OCC(C)C)c3ccccc13)CC(C)CC2. The molecule has 25 heavy (non-hydrogen) atoms. The first-order valence-corrected chi connectivity index (χ1v) is 9.79. The Morgan fingerprint density at radius 2 is 1.40 bits per heavy atom. The third-order valence-electron chi connectivity index (χ3n) is 4.89. The normalized spacial score (nSPS) is 17.2. The third-order valence-corrected chi connectivity index (χ3v) is 4.89. The fourth-order valence-corrected chi connectivity index (χ4v) is 3.63. The summed E-state index contributed by atoms with van der Waals surface area (Å²) < 4.78 is 12.7. The first-order chi connectivity index (χ1) is 12.0. The first kappa shape index (κ1) is 18.1. The van der Waals surface area contributed by atoms with Crippen molar-refractivity contribution in [2.75, 3.05) is 13.2 Å². The number of benzene rings is 2. The summed E-state index contributed by atoms with van der Waals surface area (Å²) >= 11 is 0. The molecule has 0 bridgehead atoms. The molecule has 0 saturated heterocycles. The molecular formula is C23H32O2. The summed E-state index contributed by atoms with van der Waals surface area (Å²) in [5.41, 5.74) is 2.77. The molecule has 3 rings (SSSR count). The van der Waals surface area contributed by atoms with Crippen LogP contribution in [0.4, 0.5) is 0 Å². The van der Waals surface area contributed by atoms with Crippen LogP contribution in [-0.4, -0.2) is 13.2 Å². The molecule has 2 nitrogen and oxygen atoms in total. The fraction of sp³-hybridized carbons (Fsp3) is 0.565. The molecule has 2 aromatic carbocycles. The van der Waals surface area contributed by atoms with Crippen molar-refractivity contribution < 1.29 is 9.47 Å². The predicted octanol–water partition coefficient (Wildman–Crippen LogP) is 6.03. The Balaban J connectivity index is 2.16. The Morgan fingerprint density at radius 3 is 1.92 bits per heavy atom. The molecule has 1 atom stereocenters. The van der Waals surface area contributed by atoms with Crippen LogP contribution >= 0.6 is 0 Å². The molecule has 2 heteroatoms. The second kappa shape index (κ2) is 7.68. The zero-order chi connectivity index (χ0) is 18.0. The number of hydrogen-bond acceptors (Lipinski definition) is 2. The van der Waals surface area contributed by atoms with Gasteiger partial charge >= 0.3 is 0 Å². The molecule has 1 unspecified atom stereocenters. The van der Waals surface area contributed by atoms with Crippen molar-refractivity contribution in [2.24, 2.45) is 17.8 Å². The Labute approximate surface area is 152 Å². The smallest absolute Gasteiger partial charge is 0.130 e. The molecule has 0 aliphatic heterocycles. The van der Waals surface area contributed by atoms with Crippen LogP contribution in [0.1, 0.15) is 52.2 Å². The van der Waals surface area contributed by atoms with Gasteiger partial charge in [-0.25, -0.2) is 0 Å². The maximum Gasteiger partial charge on any atom is 0.130 e. The molecule has 0 radical (unpaired) electrons. The molecule has 0 saturated carbocycles. The van der Waals surface area contributed by atoms with Crippen molar-refractivity contribution in [1.29, 1.82) is 0 Å². The lowest BCUT2D eigenvalue weighted by molar-refractivity contribution is 0.260. The van der Waals surface area contributed by atoms with E-state index in [9.17, 15) is 0 Å². The lowest BCUT2D eigenvalue weighted by Gasteiger charge is -2.29. The van der Waals surface area contributed by atoms with Crippen LogP contribution in [0.3, 0.4) is 0 Å². The van der Waals surface area contributed by atoms with Gasteiger partial charge in [-0.05, 0) is 37.0 Å². The molecule has 0 aromatic heterocycles. The highest BCUT2D eigenvalue weighted by atomic mass is 16.5. The zero-order valence-corrected chi connectivity index (χ0v) is 16.4. The molecule has 0 heterocycles. The van der Waals surface area contributed by atoms with Crippen molar-refractivity contribution in [3.63, 3.8) is 0 Å². The van der Waals surface area contributed by atoms with Crippen LogP contribution in [0, 0.1) is 17.8 Å². The number of hydrogen-bond donors (Lipinski definition) is 0. The van der Waals surface area contributed by atoms with Crippen LogP contribution in [0.5, 0.6) is 11.5 Å². The van der Waals surface area contributed by atoms with Crippen molar-refractivity contribution in [3.05, 3.63) is 35.4 Å². The van der Waals surface area contributed by atoms with E-state index in [1.54, 1.807) is 0 Å². The van der Waals surface area contributed by atoms with Crippen LogP contribution in [0.2, 0.25) is 0 Å². The standard InChI is InChI=1S/C23H32O2/c1-15(2)13-24-22-18-8-6-7-9-19(18)23(25-14-16(3)4)21-12-17(5)10-11-20(21)22/h6-9,15-17H,10-14H2,1-5H3. The van der Waals surface area contributed by atoms with E-state index in [0.717, 1.165) is 37.6 Å². The molecule has 0 fully saturated rings. The van der Waals surface area contributed by atoms with Crippen molar-refractivity contribution in [3.8, 4) is 11.5 Å². The molecule has 0 amide bonds. The predicted molar refractivity (Wildman–Crippen MR) is 106 cm³/mol. The molecule has 1 aliphatic rings. The van der Waals surface area contributed by atoms with Gasteiger partial charge in [0.15, 0.2) is 0 Å². The average Bonchev–Trinajstić information content (AvgIpc) is 2.57. The maximum absolute atomic E-state index is 6.35. The number of rotatable bonds is 6. The fourth-order valence-electron chi connectivity index (χ4n) is 3.63. The maximum atomic E-state index is 6.35. The van der Waals surface area contributed by atoms with Gasteiger partial charge < -0.3 is 9.47 Å². The summed E-state index contributed by atoms with van der Waals surface area (Å²) in [5.74, 6) is 3.94. The lowest BCUT2D eigenvalue weighted by atomic mass is 9.82. The van der Waals surface area contributed by atoms with Gasteiger partial charge in [0.2, 0.25) is 0 Å². The second-order valence-electron chi connectivity index (χ2n) is 8.42. The monoisotopic (exact) mass is 340 g/mol. The van der Waals surface area contributed by atoms with E-state index in [4.69, 9.17) is 9.47 Å². The Kier molecular flexibility index (Phi) is 5.56. The topological polar surface area (TPSA) is 18.5 Å². The van der Waals surface area contributed by atoms with Crippen LogP contribution < -0.4 is 9.47 Å². The lowest BCUT2D eigenvalue weighted by Crippen LogP contribution is -2.17. The van der Waals surface area contributed by atoms with Gasteiger partial charge in [-0.3, -0.25) is 0 Å². The van der Waals surface area contributed by atoms with Gasteiger partial charge in [0, 0.05) is 21.9 Å². The molecule has 136 valence electrons. The zero-order valence-electron chi connectivity index (χ0n) is 16.4. The van der Waals surface area contributed by atoms with Gasteiger partial charge in [0.25, 0.3) is 0 Å². The van der Waals surface area contributed by atoms with E-state index in [-0.39, 0.29) is 0 Å². The highest BCUT2D eigenvalue weighted by Gasteiger charge is 2.26. The average molecular weight is 341 g/mol. The Hall–Kier alpha value is -1.70. The van der Waals surface area contributed by atoms with Gasteiger partial charge in [-0.15, -0.1) is 0 Å². The molecule has 1 aliphatic carbocycles. The molecule has 0 N–H and O–H groups in total. The van der Waals surface area contributed by atoms with Crippen LogP contribution in [-0.2, 0) is 12.8 Å². The Bertz CT molecular complexity index is 730. The van der Waals surface area contributed by atoms with E-state index in [2.05, 4.69) is 58.9 Å². The summed E-state index contributed by atoms with van der Waals surface area (Å²) in [6.07, 6.45) is 3.41. The molecular weight excluding hydrogens is 308 g/mol. The minimum Gasteiger partial charge on any atom is -0.492 e. The summed E-state index contributed by atoms with van der Waals surface area (Å²) in [6.45, 7) is 12.7. The van der Waals surface area contributed by atoms with E-state index in [0.29, 0.717) is 17.8 Å². The highest BCUT2D eigenvalue weighted by molar-refractivity contribution is 5.96. The van der Waals surface area contributed by atoms with Crippen LogP contribution in [0.15, 0.2) is 24.3 Å². The van der Waals surface area contributed by atoms with Crippen LogP contribution in [0.25, 0.3) is 10.8 Å². The third kappa shape index (κ3) is 3.94. The van der Waals surface area contributed by atoms with Gasteiger partial charge in [0.1, 0.15) is 11.5 Å². The van der Waals surface area contributed by atoms with Gasteiger partial charge in [0.05, 0.1) is 13.2 Å². The molecule has 2 aromatic rings. The Morgan fingerprint density at radius 1 is 0.880 bits per heavy atom. The quantitative estimate of drug-likeness (QED) is 0.639. The summed E-state index contributed by atoms with van der Waals surface area (Å²) in [6, 6.07) is 8.59. The number of fused-ring (bicyclic) bond motifs is 2.